The van der Waals surface area contributed by atoms with Gasteiger partial charge in [0.1, 0.15) is 0 Å². The summed E-state index contributed by atoms with van der Waals surface area (Å²) >= 11 is 0. The molecule has 3 nitrogen and oxygen atoms in total. The van der Waals surface area contributed by atoms with Crippen LogP contribution in [0.3, 0.4) is 0 Å². The van der Waals surface area contributed by atoms with E-state index in [2.05, 4.69) is 18.9 Å². The van der Waals surface area contributed by atoms with Crippen molar-refractivity contribution in [2.75, 3.05) is 13.6 Å². The summed E-state index contributed by atoms with van der Waals surface area (Å²) in [5, 5.41) is 0. The van der Waals surface area contributed by atoms with Crippen molar-refractivity contribution in [3.05, 3.63) is 0 Å². The number of rotatable bonds is 4. The number of hydrogen-bond donors (Lipinski definition) is 1. The first-order valence-electron chi connectivity index (χ1n) is 5.64. The summed E-state index contributed by atoms with van der Waals surface area (Å²) in [6.07, 6.45) is 5.59. The van der Waals surface area contributed by atoms with E-state index >= 15 is 0 Å². The predicted molar refractivity (Wildman–Crippen MR) is 57.9 cm³/mol. The molecule has 1 aliphatic rings. The lowest BCUT2D eigenvalue weighted by molar-refractivity contribution is -0.123. The van der Waals surface area contributed by atoms with Crippen molar-refractivity contribution in [3.63, 3.8) is 0 Å². The van der Waals surface area contributed by atoms with Crippen molar-refractivity contribution in [3.8, 4) is 0 Å². The molecule has 0 spiro atoms. The van der Waals surface area contributed by atoms with Crippen LogP contribution in [0.5, 0.6) is 0 Å². The van der Waals surface area contributed by atoms with Crippen LogP contribution < -0.4 is 5.73 Å². The molecule has 1 rings (SSSR count). The third-order valence-corrected chi connectivity index (χ3v) is 3.30. The molecule has 1 aliphatic heterocycles. The molecule has 14 heavy (non-hydrogen) atoms. The van der Waals surface area contributed by atoms with Crippen LogP contribution in [0.25, 0.3) is 0 Å². The van der Waals surface area contributed by atoms with Crippen LogP contribution in [0.15, 0.2) is 0 Å². The Morgan fingerprint density at radius 3 is 2.86 bits per heavy atom. The number of nitrogens with two attached hydrogens (primary N) is 1. The van der Waals surface area contributed by atoms with Gasteiger partial charge in [-0.2, -0.15) is 0 Å². The molecular weight excluding hydrogens is 176 g/mol. The van der Waals surface area contributed by atoms with Crippen LogP contribution in [0, 0.1) is 5.92 Å². The molecule has 0 saturated carbocycles. The third kappa shape index (κ3) is 2.98. The second-order valence-electron chi connectivity index (χ2n) is 4.40. The summed E-state index contributed by atoms with van der Waals surface area (Å²) in [5.41, 5.74) is 5.35. The van der Waals surface area contributed by atoms with Crippen molar-refractivity contribution >= 4 is 5.91 Å². The molecule has 1 amide bonds. The van der Waals surface area contributed by atoms with Crippen molar-refractivity contribution in [2.45, 2.75) is 45.1 Å². The number of hydrogen-bond acceptors (Lipinski definition) is 2. The van der Waals surface area contributed by atoms with Crippen molar-refractivity contribution in [1.29, 1.82) is 0 Å². The van der Waals surface area contributed by atoms with Crippen molar-refractivity contribution < 1.29 is 4.79 Å². The Labute approximate surface area is 86.6 Å². The van der Waals surface area contributed by atoms with Gasteiger partial charge in [0.05, 0.1) is 0 Å². The highest BCUT2D eigenvalue weighted by Crippen LogP contribution is 2.24. The standard InChI is InChI=1S/C11H22N2O/c1-3-4-5-10-8-9(11(12)14)6-7-13(10)2/h9-10H,3-8H2,1-2H3,(H2,12,14). The average Bonchev–Trinajstić information content (AvgIpc) is 2.16. The Morgan fingerprint density at radius 2 is 2.29 bits per heavy atom. The highest BCUT2D eigenvalue weighted by Gasteiger charge is 2.28. The van der Waals surface area contributed by atoms with Crippen molar-refractivity contribution in [1.82, 2.24) is 4.90 Å². The second-order valence-corrected chi connectivity index (χ2v) is 4.40. The Morgan fingerprint density at radius 1 is 1.57 bits per heavy atom. The fourth-order valence-corrected chi connectivity index (χ4v) is 2.20. The number of unbranched alkanes of at least 4 members (excludes halogenated alkanes) is 1. The van der Waals surface area contributed by atoms with Crippen LogP contribution in [-0.2, 0) is 4.79 Å². The van der Waals surface area contributed by atoms with E-state index < -0.39 is 0 Å². The number of carbonyl (C=O) groups excluding carboxylic acids is 1. The van der Waals surface area contributed by atoms with E-state index in [-0.39, 0.29) is 11.8 Å². The molecular formula is C11H22N2O. The number of carbonyl (C=O) groups is 1. The van der Waals surface area contributed by atoms with Crippen LogP contribution >= 0.6 is 0 Å². The lowest BCUT2D eigenvalue weighted by atomic mass is 9.88. The Bertz CT molecular complexity index is 194. The van der Waals surface area contributed by atoms with Crippen LogP contribution in [0.2, 0.25) is 0 Å². The first-order valence-corrected chi connectivity index (χ1v) is 5.64. The van der Waals surface area contributed by atoms with E-state index in [9.17, 15) is 4.79 Å². The first-order chi connectivity index (χ1) is 6.65. The summed E-state index contributed by atoms with van der Waals surface area (Å²) in [6.45, 7) is 3.22. The SMILES string of the molecule is CCCCC1CC(C(N)=O)CCN1C. The zero-order valence-corrected chi connectivity index (χ0v) is 9.33. The zero-order valence-electron chi connectivity index (χ0n) is 9.33. The smallest absolute Gasteiger partial charge is 0.220 e. The predicted octanol–water partition coefficient (Wildman–Crippen LogP) is 1.37. The van der Waals surface area contributed by atoms with Crippen molar-refractivity contribution in [2.24, 2.45) is 11.7 Å². The molecule has 82 valence electrons. The highest BCUT2D eigenvalue weighted by atomic mass is 16.1. The fraction of sp³-hybridized carbons (Fsp3) is 0.909. The van der Waals surface area contributed by atoms with Gasteiger partial charge in [-0.1, -0.05) is 19.8 Å². The van der Waals surface area contributed by atoms with E-state index in [1.165, 1.54) is 19.3 Å². The van der Waals surface area contributed by atoms with Crippen LogP contribution in [0.4, 0.5) is 0 Å². The second kappa shape index (κ2) is 5.35. The van der Waals surface area contributed by atoms with Crippen LogP contribution in [0.1, 0.15) is 39.0 Å². The molecule has 1 fully saturated rings. The summed E-state index contributed by atoms with van der Waals surface area (Å²) in [7, 11) is 2.15. The van der Waals surface area contributed by atoms with Gasteiger partial charge in [-0.05, 0) is 32.9 Å². The van der Waals surface area contributed by atoms with Gasteiger partial charge in [0.2, 0.25) is 5.91 Å². The lowest BCUT2D eigenvalue weighted by Crippen LogP contribution is -2.43. The summed E-state index contributed by atoms with van der Waals surface area (Å²) in [4.78, 5) is 13.5. The molecule has 1 saturated heterocycles. The molecule has 2 atom stereocenters. The summed E-state index contributed by atoms with van der Waals surface area (Å²) in [5.74, 6) is 0.00709. The molecule has 3 heteroatoms. The van der Waals surface area contributed by atoms with E-state index in [0.717, 1.165) is 19.4 Å². The minimum atomic E-state index is -0.111. The van der Waals surface area contributed by atoms with Gasteiger partial charge in [0.25, 0.3) is 0 Å². The summed E-state index contributed by atoms with van der Waals surface area (Å²) < 4.78 is 0. The average molecular weight is 198 g/mol. The Hall–Kier alpha value is -0.570. The number of piperidine rings is 1. The minimum absolute atomic E-state index is 0.111. The highest BCUT2D eigenvalue weighted by molar-refractivity contribution is 5.76. The summed E-state index contributed by atoms with van der Waals surface area (Å²) in [6, 6.07) is 0.571. The maximum atomic E-state index is 11.1. The molecule has 0 aromatic heterocycles. The maximum absolute atomic E-state index is 11.1. The van der Waals surface area contributed by atoms with Crippen LogP contribution in [-0.4, -0.2) is 30.4 Å². The van der Waals surface area contributed by atoms with Gasteiger partial charge in [0, 0.05) is 12.0 Å². The van der Waals surface area contributed by atoms with E-state index in [4.69, 9.17) is 5.73 Å². The van der Waals surface area contributed by atoms with Gasteiger partial charge in [-0.25, -0.2) is 0 Å². The molecule has 1 heterocycles. The van der Waals surface area contributed by atoms with Gasteiger partial charge >= 0.3 is 0 Å². The van der Waals surface area contributed by atoms with E-state index in [1.54, 1.807) is 0 Å². The molecule has 0 aromatic rings. The molecule has 0 radical (unpaired) electrons. The van der Waals surface area contributed by atoms with E-state index in [1.807, 2.05) is 0 Å². The lowest BCUT2D eigenvalue weighted by Gasteiger charge is -2.36. The van der Waals surface area contributed by atoms with Gasteiger partial charge < -0.3 is 10.6 Å². The molecule has 0 aliphatic carbocycles. The third-order valence-electron chi connectivity index (χ3n) is 3.30. The number of amides is 1. The van der Waals surface area contributed by atoms with Gasteiger partial charge in [0.15, 0.2) is 0 Å². The zero-order chi connectivity index (χ0) is 10.6. The molecule has 2 unspecified atom stereocenters. The maximum Gasteiger partial charge on any atom is 0.220 e. The Kier molecular flexibility index (Phi) is 4.39. The number of primary amides is 1. The number of likely N-dealkylation sites (tertiary alicyclic amines) is 1. The molecule has 2 N–H and O–H groups in total. The number of nitrogens with zero attached hydrogens (tertiary/aromatic N) is 1. The van der Waals surface area contributed by atoms with E-state index in [0.29, 0.717) is 6.04 Å². The fourth-order valence-electron chi connectivity index (χ4n) is 2.20. The topological polar surface area (TPSA) is 46.3 Å². The van der Waals surface area contributed by atoms with Gasteiger partial charge in [-0.15, -0.1) is 0 Å². The first kappa shape index (κ1) is 11.5. The minimum Gasteiger partial charge on any atom is -0.369 e. The monoisotopic (exact) mass is 198 g/mol. The largest absolute Gasteiger partial charge is 0.369 e. The quantitative estimate of drug-likeness (QED) is 0.741. The molecule has 0 aromatic carbocycles. The Balaban J connectivity index is 2.42. The molecule has 0 bridgehead atoms. The normalized spacial score (nSPS) is 29.0. The van der Waals surface area contributed by atoms with Gasteiger partial charge in [-0.3, -0.25) is 4.79 Å².